The van der Waals surface area contributed by atoms with Crippen LogP contribution in [-0.2, 0) is 11.4 Å². The van der Waals surface area contributed by atoms with E-state index in [9.17, 15) is 4.79 Å². The van der Waals surface area contributed by atoms with Crippen LogP contribution < -0.4 is 15.4 Å². The number of nitrogens with one attached hydrogen (secondary N) is 2. The van der Waals surface area contributed by atoms with Crippen LogP contribution in [0.4, 0.5) is 11.6 Å². The second-order valence-corrected chi connectivity index (χ2v) is 11.8. The third-order valence-corrected chi connectivity index (χ3v) is 8.11. The fraction of sp³-hybridized carbons (Fsp3) is 0.258. The molecule has 1 unspecified atom stereocenters. The highest BCUT2D eigenvalue weighted by molar-refractivity contribution is 9.10. The molecule has 9 heteroatoms. The monoisotopic (exact) mass is 617 g/mol. The first-order chi connectivity index (χ1) is 19.3. The third-order valence-electron chi connectivity index (χ3n) is 6.57. The Morgan fingerprint density at radius 2 is 1.88 bits per heavy atom. The fourth-order valence-corrected chi connectivity index (χ4v) is 5.66. The zero-order valence-corrected chi connectivity index (χ0v) is 25.4. The van der Waals surface area contributed by atoms with Crippen LogP contribution in [0.25, 0.3) is 0 Å². The number of allylic oxidation sites excluding steroid dienone is 1. The van der Waals surface area contributed by atoms with Crippen molar-refractivity contribution in [3.8, 4) is 5.75 Å². The van der Waals surface area contributed by atoms with E-state index in [1.165, 1.54) is 5.56 Å². The SMILES string of the molecule is CCCSc1nc2n(n1)C(c1cc(Br)ccc1OCc1ccc(C)cc1)C(C(=O)Nc1cccc(C)c1)=C(C)N2. The summed E-state index contributed by atoms with van der Waals surface area (Å²) in [6, 6.07) is 21.4. The Labute approximate surface area is 247 Å². The number of aryl methyl sites for hydroxylation is 2. The molecule has 1 amide bonds. The maximum atomic E-state index is 13.9. The van der Waals surface area contributed by atoms with Gasteiger partial charge in [-0.25, -0.2) is 4.68 Å². The van der Waals surface area contributed by atoms with Gasteiger partial charge in [-0.15, -0.1) is 5.10 Å². The van der Waals surface area contributed by atoms with Crippen molar-refractivity contribution >= 4 is 45.2 Å². The number of hydrogen-bond donors (Lipinski definition) is 2. The molecule has 3 aromatic carbocycles. The lowest BCUT2D eigenvalue weighted by Crippen LogP contribution is -2.31. The minimum absolute atomic E-state index is 0.214. The predicted molar refractivity (Wildman–Crippen MR) is 165 cm³/mol. The van der Waals surface area contributed by atoms with Crippen molar-refractivity contribution in [1.29, 1.82) is 0 Å². The van der Waals surface area contributed by atoms with E-state index in [1.807, 2.05) is 56.3 Å². The molecular formula is C31H32BrN5O2S. The number of hydrogen-bond acceptors (Lipinski definition) is 6. The number of aromatic nitrogens is 3. The molecule has 1 aromatic heterocycles. The summed E-state index contributed by atoms with van der Waals surface area (Å²) in [5, 5.41) is 11.9. The average Bonchev–Trinajstić information content (AvgIpc) is 3.33. The number of carbonyl (C=O) groups is 1. The van der Waals surface area contributed by atoms with Crippen molar-refractivity contribution in [2.75, 3.05) is 16.4 Å². The van der Waals surface area contributed by atoms with Crippen molar-refractivity contribution in [3.05, 3.63) is 105 Å². The zero-order valence-electron chi connectivity index (χ0n) is 23.0. The molecule has 0 spiro atoms. The van der Waals surface area contributed by atoms with Crippen molar-refractivity contribution in [2.45, 2.75) is 51.9 Å². The van der Waals surface area contributed by atoms with Gasteiger partial charge < -0.3 is 15.4 Å². The van der Waals surface area contributed by atoms with Crippen molar-refractivity contribution < 1.29 is 9.53 Å². The van der Waals surface area contributed by atoms with E-state index in [0.29, 0.717) is 34.7 Å². The third kappa shape index (κ3) is 6.26. The molecule has 0 aliphatic carbocycles. The van der Waals surface area contributed by atoms with Crippen molar-refractivity contribution in [2.24, 2.45) is 0 Å². The molecule has 0 radical (unpaired) electrons. The van der Waals surface area contributed by atoms with Crippen molar-refractivity contribution in [1.82, 2.24) is 14.8 Å². The number of anilines is 2. The molecule has 0 saturated carbocycles. The van der Waals surface area contributed by atoms with E-state index in [4.69, 9.17) is 14.8 Å². The van der Waals surface area contributed by atoms with Gasteiger partial charge in [0.2, 0.25) is 11.1 Å². The van der Waals surface area contributed by atoms with Gasteiger partial charge in [0.1, 0.15) is 18.4 Å². The first kappa shape index (κ1) is 28.0. The Bertz CT molecular complexity index is 1560. The summed E-state index contributed by atoms with van der Waals surface area (Å²) in [6.45, 7) is 8.49. The van der Waals surface area contributed by atoms with Crippen LogP contribution in [0.1, 0.15) is 48.6 Å². The summed E-state index contributed by atoms with van der Waals surface area (Å²) >= 11 is 5.24. The molecule has 5 rings (SSSR count). The highest BCUT2D eigenvalue weighted by Crippen LogP contribution is 2.41. The molecule has 206 valence electrons. The molecule has 1 aliphatic heterocycles. The number of amides is 1. The largest absolute Gasteiger partial charge is 0.489 e. The second kappa shape index (κ2) is 12.3. The number of ether oxygens (including phenoxy) is 1. The van der Waals surface area contributed by atoms with Gasteiger partial charge in [0, 0.05) is 27.2 Å². The summed E-state index contributed by atoms with van der Waals surface area (Å²) < 4.78 is 9.07. The number of benzene rings is 3. The Morgan fingerprint density at radius 3 is 2.62 bits per heavy atom. The quantitative estimate of drug-likeness (QED) is 0.188. The van der Waals surface area contributed by atoms with Crippen molar-refractivity contribution in [3.63, 3.8) is 0 Å². The maximum absolute atomic E-state index is 13.9. The molecule has 2 heterocycles. The van der Waals surface area contributed by atoms with Gasteiger partial charge in [-0.05, 0) is 68.7 Å². The smallest absolute Gasteiger partial charge is 0.255 e. The van der Waals surface area contributed by atoms with Gasteiger partial charge in [0.05, 0.1) is 5.57 Å². The molecule has 0 bridgehead atoms. The number of nitrogens with zero attached hydrogens (tertiary/aromatic N) is 3. The summed E-state index contributed by atoms with van der Waals surface area (Å²) in [6.07, 6.45) is 1.01. The Hall–Kier alpha value is -3.56. The first-order valence-electron chi connectivity index (χ1n) is 13.3. The summed E-state index contributed by atoms with van der Waals surface area (Å²) in [7, 11) is 0. The second-order valence-electron chi connectivity index (χ2n) is 9.86. The van der Waals surface area contributed by atoms with E-state index in [2.05, 4.69) is 64.7 Å². The van der Waals surface area contributed by atoms with E-state index in [1.54, 1.807) is 16.4 Å². The van der Waals surface area contributed by atoms with Gasteiger partial charge in [0.25, 0.3) is 5.91 Å². The van der Waals surface area contributed by atoms with Crippen LogP contribution in [-0.4, -0.2) is 26.4 Å². The lowest BCUT2D eigenvalue weighted by molar-refractivity contribution is -0.113. The van der Waals surface area contributed by atoms with E-state index < -0.39 is 6.04 Å². The van der Waals surface area contributed by atoms with Crippen LogP contribution in [0, 0.1) is 13.8 Å². The fourth-order valence-electron chi connectivity index (χ4n) is 4.60. The zero-order chi connectivity index (χ0) is 28.2. The highest BCUT2D eigenvalue weighted by atomic mass is 79.9. The number of fused-ring (bicyclic) bond motifs is 1. The number of thioether (sulfide) groups is 1. The van der Waals surface area contributed by atoms with Gasteiger partial charge in [-0.2, -0.15) is 4.98 Å². The lowest BCUT2D eigenvalue weighted by atomic mass is 9.94. The Morgan fingerprint density at radius 1 is 1.07 bits per heavy atom. The van der Waals surface area contributed by atoms with E-state index in [0.717, 1.165) is 39.0 Å². The Balaban J connectivity index is 1.57. The van der Waals surface area contributed by atoms with Gasteiger partial charge >= 0.3 is 0 Å². The van der Waals surface area contributed by atoms with Gasteiger partial charge in [0.15, 0.2) is 0 Å². The van der Waals surface area contributed by atoms with Gasteiger partial charge in [-0.1, -0.05) is 76.6 Å². The van der Waals surface area contributed by atoms with Crippen LogP contribution in [0.3, 0.4) is 0 Å². The predicted octanol–water partition coefficient (Wildman–Crippen LogP) is 7.67. The molecule has 4 aromatic rings. The summed E-state index contributed by atoms with van der Waals surface area (Å²) in [5.41, 5.74) is 6.14. The molecule has 7 nitrogen and oxygen atoms in total. The standard InChI is InChI=1S/C31H32BrN5O2S/c1-5-15-40-31-35-30-33-21(4)27(29(38)34-24-8-6-7-20(3)16-24)28(37(30)36-31)25-17-23(32)13-14-26(25)39-18-22-11-9-19(2)10-12-22/h6-14,16-17,28H,5,15,18H2,1-4H3,(H,34,38)(H,33,35,36). The van der Waals surface area contributed by atoms with E-state index in [-0.39, 0.29) is 5.91 Å². The number of rotatable bonds is 9. The normalized spacial score (nSPS) is 14.5. The van der Waals surface area contributed by atoms with E-state index >= 15 is 0 Å². The number of carbonyl (C=O) groups excluding carboxylic acids is 1. The molecule has 2 N–H and O–H groups in total. The Kier molecular flexibility index (Phi) is 8.61. The molecule has 0 fully saturated rings. The molecule has 0 saturated heterocycles. The van der Waals surface area contributed by atoms with Crippen LogP contribution in [0.5, 0.6) is 5.75 Å². The minimum Gasteiger partial charge on any atom is -0.489 e. The van der Waals surface area contributed by atoms with Crippen LogP contribution >= 0.6 is 27.7 Å². The first-order valence-corrected chi connectivity index (χ1v) is 15.0. The van der Waals surface area contributed by atoms with Gasteiger partial charge in [-0.3, -0.25) is 4.79 Å². The summed E-state index contributed by atoms with van der Waals surface area (Å²) in [4.78, 5) is 18.7. The molecule has 40 heavy (non-hydrogen) atoms. The molecule has 1 aliphatic rings. The van der Waals surface area contributed by atoms with Crippen LogP contribution in [0.2, 0.25) is 0 Å². The molecule has 1 atom stereocenters. The minimum atomic E-state index is -0.560. The maximum Gasteiger partial charge on any atom is 0.255 e. The number of halogens is 1. The lowest BCUT2D eigenvalue weighted by Gasteiger charge is -2.30. The average molecular weight is 619 g/mol. The van der Waals surface area contributed by atoms with Crippen LogP contribution in [0.15, 0.2) is 87.6 Å². The summed E-state index contributed by atoms with van der Waals surface area (Å²) in [5.74, 6) is 1.96. The highest BCUT2D eigenvalue weighted by Gasteiger charge is 2.36. The topological polar surface area (TPSA) is 81.1 Å². The molecular weight excluding hydrogens is 586 g/mol.